The molecule has 0 saturated heterocycles. The van der Waals surface area contributed by atoms with Crippen LogP contribution in [0.2, 0.25) is 0 Å². The minimum atomic E-state index is 1.01. The minimum absolute atomic E-state index is 1.01. The van der Waals surface area contributed by atoms with Crippen molar-refractivity contribution in [3.8, 4) is 0 Å². The summed E-state index contributed by atoms with van der Waals surface area (Å²) < 4.78 is 0. The lowest BCUT2D eigenvalue weighted by Crippen LogP contribution is -2.25. The van der Waals surface area contributed by atoms with Crippen molar-refractivity contribution in [2.24, 2.45) is 4.99 Å². The molecule has 0 amide bonds. The maximum Gasteiger partial charge on any atom is 0.156 e. The monoisotopic (exact) mass is 190 g/mol. The molecular weight excluding hydrogens is 176 g/mol. The van der Waals surface area contributed by atoms with Gasteiger partial charge in [-0.3, -0.25) is 4.99 Å². The first kappa shape index (κ1) is 9.26. The van der Waals surface area contributed by atoms with E-state index in [1.165, 1.54) is 17.9 Å². The van der Waals surface area contributed by atoms with E-state index >= 15 is 0 Å². The van der Waals surface area contributed by atoms with Crippen LogP contribution in [0.5, 0.6) is 0 Å². The van der Waals surface area contributed by atoms with Gasteiger partial charge in [0.15, 0.2) is 5.17 Å². The number of aliphatic imine (C=N–C) groups is 1. The van der Waals surface area contributed by atoms with Crippen LogP contribution in [0.1, 0.15) is 6.42 Å². The predicted octanol–water partition coefficient (Wildman–Crippen LogP) is 1.43. The molecule has 0 bridgehead atoms. The summed E-state index contributed by atoms with van der Waals surface area (Å²) in [6, 6.07) is 0. The van der Waals surface area contributed by atoms with Crippen LogP contribution in [0.25, 0.3) is 0 Å². The Hall–Kier alpha value is 0.170. The number of nitrogens with zero attached hydrogens (tertiary/aromatic N) is 1. The third kappa shape index (κ3) is 3.91. The average Bonchev–Trinajstić information content (AvgIpc) is 2.07. The van der Waals surface area contributed by atoms with Crippen molar-refractivity contribution < 1.29 is 0 Å². The van der Waals surface area contributed by atoms with Crippen LogP contribution < -0.4 is 5.32 Å². The van der Waals surface area contributed by atoms with Gasteiger partial charge in [-0.05, 0) is 12.7 Å². The standard InChI is InChI=1S/C7H14N2S2/c1-10-6-4-9-7-8-3-2-5-11-7/h2-6H2,1H3,(H,8,9). The van der Waals surface area contributed by atoms with E-state index in [2.05, 4.69) is 16.6 Å². The summed E-state index contributed by atoms with van der Waals surface area (Å²) in [4.78, 5) is 4.36. The van der Waals surface area contributed by atoms with Crippen LogP contribution in [-0.4, -0.2) is 36.0 Å². The van der Waals surface area contributed by atoms with Crippen molar-refractivity contribution in [3.05, 3.63) is 0 Å². The first-order valence-electron chi connectivity index (χ1n) is 3.83. The number of nitrogens with one attached hydrogen (secondary N) is 1. The molecule has 11 heavy (non-hydrogen) atoms. The zero-order valence-electron chi connectivity index (χ0n) is 6.80. The van der Waals surface area contributed by atoms with Crippen LogP contribution in [0.4, 0.5) is 0 Å². The Labute approximate surface area is 76.6 Å². The molecule has 0 fully saturated rings. The van der Waals surface area contributed by atoms with Crippen molar-refractivity contribution in [2.45, 2.75) is 6.42 Å². The highest BCUT2D eigenvalue weighted by molar-refractivity contribution is 8.13. The fourth-order valence-corrected chi connectivity index (χ4v) is 1.99. The summed E-state index contributed by atoms with van der Waals surface area (Å²) in [7, 11) is 0. The molecule has 1 rings (SSSR count). The summed E-state index contributed by atoms with van der Waals surface area (Å²) in [6.45, 7) is 2.06. The molecule has 0 spiro atoms. The molecular formula is C7H14N2S2. The van der Waals surface area contributed by atoms with Gasteiger partial charge in [0.2, 0.25) is 0 Å². The van der Waals surface area contributed by atoms with Crippen molar-refractivity contribution in [3.63, 3.8) is 0 Å². The van der Waals surface area contributed by atoms with Crippen molar-refractivity contribution in [1.82, 2.24) is 5.32 Å². The van der Waals surface area contributed by atoms with Gasteiger partial charge in [0.25, 0.3) is 0 Å². The van der Waals surface area contributed by atoms with Gasteiger partial charge in [-0.1, -0.05) is 11.8 Å². The lowest BCUT2D eigenvalue weighted by molar-refractivity contribution is 0.905. The van der Waals surface area contributed by atoms with Crippen LogP contribution in [-0.2, 0) is 0 Å². The molecule has 0 aromatic carbocycles. The highest BCUT2D eigenvalue weighted by Gasteiger charge is 2.03. The second-order valence-electron chi connectivity index (χ2n) is 2.31. The summed E-state index contributed by atoms with van der Waals surface area (Å²) in [5.41, 5.74) is 0. The molecule has 4 heteroatoms. The number of thioether (sulfide) groups is 2. The van der Waals surface area contributed by atoms with Gasteiger partial charge in [-0.25, -0.2) is 0 Å². The van der Waals surface area contributed by atoms with Gasteiger partial charge in [0, 0.05) is 24.6 Å². The Morgan fingerprint density at radius 3 is 3.27 bits per heavy atom. The summed E-state index contributed by atoms with van der Waals surface area (Å²) in [6.07, 6.45) is 3.36. The summed E-state index contributed by atoms with van der Waals surface area (Å²) in [5, 5.41) is 4.46. The maximum atomic E-state index is 4.36. The van der Waals surface area contributed by atoms with Crippen molar-refractivity contribution in [2.75, 3.05) is 30.9 Å². The Kier molecular flexibility index (Phi) is 4.86. The van der Waals surface area contributed by atoms with Crippen LogP contribution in [0, 0.1) is 0 Å². The van der Waals surface area contributed by atoms with Gasteiger partial charge in [0.1, 0.15) is 0 Å². The smallest absolute Gasteiger partial charge is 0.156 e. The molecule has 0 atom stereocenters. The normalized spacial score (nSPS) is 17.7. The predicted molar refractivity (Wildman–Crippen MR) is 55.8 cm³/mol. The Morgan fingerprint density at radius 1 is 1.73 bits per heavy atom. The first-order valence-corrected chi connectivity index (χ1v) is 6.21. The van der Waals surface area contributed by atoms with Crippen molar-refractivity contribution >= 4 is 28.7 Å². The summed E-state index contributed by atoms with van der Waals surface area (Å²) >= 11 is 3.71. The number of hydrogen-bond donors (Lipinski definition) is 1. The quantitative estimate of drug-likeness (QED) is 0.681. The minimum Gasteiger partial charge on any atom is -0.364 e. The number of hydrogen-bond acceptors (Lipinski definition) is 4. The van der Waals surface area contributed by atoms with Gasteiger partial charge in [0.05, 0.1) is 0 Å². The lowest BCUT2D eigenvalue weighted by atomic mass is 10.5. The Balaban J connectivity index is 2.09. The van der Waals surface area contributed by atoms with E-state index in [0.29, 0.717) is 0 Å². The highest BCUT2D eigenvalue weighted by Crippen LogP contribution is 2.09. The number of rotatable bonds is 3. The molecule has 0 unspecified atom stereocenters. The van der Waals surface area contributed by atoms with Gasteiger partial charge < -0.3 is 5.32 Å². The molecule has 1 N–H and O–H groups in total. The topological polar surface area (TPSA) is 24.4 Å². The molecule has 2 nitrogen and oxygen atoms in total. The van der Waals surface area contributed by atoms with Gasteiger partial charge in [-0.2, -0.15) is 11.8 Å². The van der Waals surface area contributed by atoms with E-state index in [4.69, 9.17) is 0 Å². The average molecular weight is 190 g/mol. The van der Waals surface area contributed by atoms with E-state index in [1.54, 1.807) is 0 Å². The molecule has 0 aliphatic carbocycles. The fourth-order valence-electron chi connectivity index (χ4n) is 0.827. The molecule has 1 heterocycles. The molecule has 0 aromatic rings. The maximum absolute atomic E-state index is 4.36. The Bertz CT molecular complexity index is 136. The molecule has 1 aliphatic rings. The SMILES string of the molecule is CSCCNC1=NCCCS1. The van der Waals surface area contributed by atoms with Crippen molar-refractivity contribution in [1.29, 1.82) is 0 Å². The van der Waals surface area contributed by atoms with E-state index in [1.807, 2.05) is 23.5 Å². The zero-order valence-corrected chi connectivity index (χ0v) is 8.43. The van der Waals surface area contributed by atoms with Crippen LogP contribution in [0.3, 0.4) is 0 Å². The van der Waals surface area contributed by atoms with E-state index < -0.39 is 0 Å². The summed E-state index contributed by atoms with van der Waals surface area (Å²) in [5.74, 6) is 2.39. The number of amidine groups is 1. The highest BCUT2D eigenvalue weighted by atomic mass is 32.2. The van der Waals surface area contributed by atoms with Crippen LogP contribution in [0.15, 0.2) is 4.99 Å². The zero-order chi connectivity index (χ0) is 7.94. The van der Waals surface area contributed by atoms with Gasteiger partial charge in [-0.15, -0.1) is 0 Å². The second-order valence-corrected chi connectivity index (χ2v) is 4.38. The van der Waals surface area contributed by atoms with E-state index in [0.717, 1.165) is 18.3 Å². The van der Waals surface area contributed by atoms with E-state index in [9.17, 15) is 0 Å². The molecule has 1 aliphatic heterocycles. The second kappa shape index (κ2) is 5.77. The molecule has 0 aromatic heterocycles. The lowest BCUT2D eigenvalue weighted by Gasteiger charge is -2.12. The Morgan fingerprint density at radius 2 is 2.64 bits per heavy atom. The molecule has 0 radical (unpaired) electrons. The third-order valence-corrected chi connectivity index (χ3v) is 3.03. The van der Waals surface area contributed by atoms with Crippen LogP contribution >= 0.6 is 23.5 Å². The first-order chi connectivity index (χ1) is 5.43. The van der Waals surface area contributed by atoms with Gasteiger partial charge >= 0.3 is 0 Å². The fraction of sp³-hybridized carbons (Fsp3) is 0.857. The third-order valence-electron chi connectivity index (χ3n) is 1.38. The molecule has 0 saturated carbocycles. The largest absolute Gasteiger partial charge is 0.364 e. The molecule has 64 valence electrons. The van der Waals surface area contributed by atoms with E-state index in [-0.39, 0.29) is 0 Å².